The number of nitrogens with zero attached hydrogens (tertiary/aromatic N) is 1. The Kier molecular flexibility index (Phi) is 5.42. The van der Waals surface area contributed by atoms with Crippen molar-refractivity contribution >= 4 is 10.2 Å². The maximum absolute atomic E-state index is 12.4. The van der Waals surface area contributed by atoms with Crippen LogP contribution in [0.1, 0.15) is 58.3 Å². The van der Waals surface area contributed by atoms with Crippen LogP contribution in [0.25, 0.3) is 0 Å². The van der Waals surface area contributed by atoms with Crippen molar-refractivity contribution in [2.24, 2.45) is 0 Å². The molecule has 1 atom stereocenters. The van der Waals surface area contributed by atoms with Crippen molar-refractivity contribution in [3.63, 3.8) is 0 Å². The summed E-state index contributed by atoms with van der Waals surface area (Å²) < 4.78 is 29.2. The molecule has 1 aliphatic heterocycles. The number of hydrogen-bond acceptors (Lipinski definition) is 2. The molecule has 5 heteroatoms. The van der Waals surface area contributed by atoms with Gasteiger partial charge in [-0.1, -0.05) is 24.5 Å². The Morgan fingerprint density at radius 3 is 2.37 bits per heavy atom. The molecule has 0 bridgehead atoms. The quantitative estimate of drug-likeness (QED) is 0.808. The molecule has 0 aromatic carbocycles. The molecule has 0 aromatic rings. The number of nitrogens with one attached hydrogen (secondary N) is 1. The second-order valence-corrected chi connectivity index (χ2v) is 7.38. The van der Waals surface area contributed by atoms with Crippen LogP contribution in [-0.4, -0.2) is 31.9 Å². The zero-order valence-corrected chi connectivity index (χ0v) is 12.7. The van der Waals surface area contributed by atoms with Gasteiger partial charge in [0.05, 0.1) is 0 Å². The zero-order chi connectivity index (χ0) is 13.7. The van der Waals surface area contributed by atoms with Gasteiger partial charge in [0.25, 0.3) is 10.2 Å². The molecule has 1 heterocycles. The molecule has 0 amide bonds. The second kappa shape index (κ2) is 6.86. The predicted molar refractivity (Wildman–Crippen MR) is 78.1 cm³/mol. The van der Waals surface area contributed by atoms with E-state index in [1.165, 1.54) is 18.4 Å². The average Bonchev–Trinajstić information content (AvgIpc) is 2.68. The molecule has 2 aliphatic rings. The summed E-state index contributed by atoms with van der Waals surface area (Å²) in [6.07, 6.45) is 11.0. The summed E-state index contributed by atoms with van der Waals surface area (Å²) in [6, 6.07) is -0.0615. The summed E-state index contributed by atoms with van der Waals surface area (Å²) in [6.45, 7) is 3.30. The van der Waals surface area contributed by atoms with Crippen LogP contribution in [-0.2, 0) is 10.2 Å². The summed E-state index contributed by atoms with van der Waals surface area (Å²) in [4.78, 5) is 0. The molecule has 1 fully saturated rings. The minimum Gasteiger partial charge on any atom is -0.195 e. The van der Waals surface area contributed by atoms with Crippen LogP contribution < -0.4 is 4.72 Å². The molecule has 0 aromatic heterocycles. The van der Waals surface area contributed by atoms with Crippen LogP contribution >= 0.6 is 0 Å². The molecule has 0 saturated carbocycles. The van der Waals surface area contributed by atoms with Gasteiger partial charge in [-0.15, -0.1) is 0 Å². The van der Waals surface area contributed by atoms with E-state index < -0.39 is 10.2 Å². The van der Waals surface area contributed by atoms with Gasteiger partial charge in [0, 0.05) is 19.1 Å². The Balaban J connectivity index is 1.97. The summed E-state index contributed by atoms with van der Waals surface area (Å²) >= 11 is 0. The molecule has 0 unspecified atom stereocenters. The van der Waals surface area contributed by atoms with E-state index in [0.29, 0.717) is 13.1 Å². The van der Waals surface area contributed by atoms with E-state index in [1.54, 1.807) is 4.31 Å². The minimum absolute atomic E-state index is 0.0615. The summed E-state index contributed by atoms with van der Waals surface area (Å²) in [5.41, 5.74) is 1.25. The first-order valence-electron chi connectivity index (χ1n) is 7.56. The number of allylic oxidation sites excluding steroid dienone is 1. The van der Waals surface area contributed by atoms with Crippen LogP contribution in [0, 0.1) is 0 Å². The SMILES string of the molecule is C[C@@H](NS(=O)(=O)N1CCCCCC1)C1=CCCCC1. The van der Waals surface area contributed by atoms with Gasteiger partial charge >= 0.3 is 0 Å². The third kappa shape index (κ3) is 4.29. The average molecular weight is 286 g/mol. The highest BCUT2D eigenvalue weighted by Crippen LogP contribution is 2.21. The Morgan fingerprint density at radius 1 is 1.11 bits per heavy atom. The van der Waals surface area contributed by atoms with Crippen LogP contribution in [0.5, 0.6) is 0 Å². The van der Waals surface area contributed by atoms with Crippen LogP contribution in [0.4, 0.5) is 0 Å². The molecule has 0 spiro atoms. The minimum atomic E-state index is -3.31. The maximum Gasteiger partial charge on any atom is 0.279 e. The first-order valence-corrected chi connectivity index (χ1v) is 9.00. The van der Waals surface area contributed by atoms with E-state index in [0.717, 1.165) is 38.5 Å². The lowest BCUT2D eigenvalue weighted by molar-refractivity contribution is 0.411. The molecule has 1 saturated heterocycles. The fraction of sp³-hybridized carbons (Fsp3) is 0.857. The molecule has 19 heavy (non-hydrogen) atoms. The Hall–Kier alpha value is -0.390. The van der Waals surface area contributed by atoms with Gasteiger partial charge < -0.3 is 0 Å². The van der Waals surface area contributed by atoms with Crippen molar-refractivity contribution < 1.29 is 8.42 Å². The van der Waals surface area contributed by atoms with Gasteiger partial charge in [0.2, 0.25) is 0 Å². The highest BCUT2D eigenvalue weighted by Gasteiger charge is 2.25. The molecule has 2 rings (SSSR count). The first kappa shape index (κ1) is 15.0. The van der Waals surface area contributed by atoms with Crippen molar-refractivity contribution in [2.45, 2.75) is 64.3 Å². The van der Waals surface area contributed by atoms with E-state index in [1.807, 2.05) is 6.92 Å². The van der Waals surface area contributed by atoms with Gasteiger partial charge in [-0.3, -0.25) is 0 Å². The second-order valence-electron chi connectivity index (χ2n) is 5.68. The highest BCUT2D eigenvalue weighted by atomic mass is 32.2. The molecule has 110 valence electrons. The number of rotatable bonds is 4. The summed E-state index contributed by atoms with van der Waals surface area (Å²) in [5, 5.41) is 0. The molecule has 0 radical (unpaired) electrons. The summed E-state index contributed by atoms with van der Waals surface area (Å²) in [5.74, 6) is 0. The van der Waals surface area contributed by atoms with E-state index >= 15 is 0 Å². The highest BCUT2D eigenvalue weighted by molar-refractivity contribution is 7.87. The fourth-order valence-corrected chi connectivity index (χ4v) is 4.40. The third-order valence-electron chi connectivity index (χ3n) is 4.11. The van der Waals surface area contributed by atoms with E-state index in [-0.39, 0.29) is 6.04 Å². The normalized spacial score (nSPS) is 24.6. The fourth-order valence-electron chi connectivity index (χ4n) is 2.91. The van der Waals surface area contributed by atoms with E-state index in [9.17, 15) is 8.42 Å². The van der Waals surface area contributed by atoms with Gasteiger partial charge in [0.15, 0.2) is 0 Å². The Morgan fingerprint density at radius 2 is 1.79 bits per heavy atom. The largest absolute Gasteiger partial charge is 0.279 e. The maximum atomic E-state index is 12.4. The van der Waals surface area contributed by atoms with Gasteiger partial charge in [-0.05, 0) is 45.4 Å². The van der Waals surface area contributed by atoms with Gasteiger partial charge in [0.1, 0.15) is 0 Å². The first-order chi connectivity index (χ1) is 9.09. The van der Waals surface area contributed by atoms with Crippen LogP contribution in [0.2, 0.25) is 0 Å². The molecule has 1 N–H and O–H groups in total. The van der Waals surface area contributed by atoms with Crippen LogP contribution in [0.15, 0.2) is 11.6 Å². The van der Waals surface area contributed by atoms with Crippen molar-refractivity contribution in [2.75, 3.05) is 13.1 Å². The van der Waals surface area contributed by atoms with Crippen LogP contribution in [0.3, 0.4) is 0 Å². The van der Waals surface area contributed by atoms with Crippen molar-refractivity contribution in [3.05, 3.63) is 11.6 Å². The van der Waals surface area contributed by atoms with Crippen molar-refractivity contribution in [1.29, 1.82) is 0 Å². The Labute approximate surface area is 117 Å². The van der Waals surface area contributed by atoms with Crippen molar-refractivity contribution in [3.8, 4) is 0 Å². The lowest BCUT2D eigenvalue weighted by Crippen LogP contribution is -2.45. The Bertz CT molecular complexity index is 409. The van der Waals surface area contributed by atoms with E-state index in [4.69, 9.17) is 0 Å². The third-order valence-corrected chi connectivity index (χ3v) is 5.81. The smallest absolute Gasteiger partial charge is 0.195 e. The molecular formula is C14H26N2O2S. The monoisotopic (exact) mass is 286 g/mol. The molecule has 4 nitrogen and oxygen atoms in total. The summed E-state index contributed by atoms with van der Waals surface area (Å²) in [7, 11) is -3.31. The van der Waals surface area contributed by atoms with Crippen molar-refractivity contribution in [1.82, 2.24) is 9.03 Å². The lowest BCUT2D eigenvalue weighted by atomic mass is 9.95. The van der Waals surface area contributed by atoms with Gasteiger partial charge in [-0.2, -0.15) is 17.4 Å². The van der Waals surface area contributed by atoms with Gasteiger partial charge in [-0.25, -0.2) is 0 Å². The standard InChI is InChI=1S/C14H26N2O2S/c1-13(14-9-5-4-6-10-14)15-19(17,18)16-11-7-2-3-8-12-16/h9,13,15H,2-8,10-12H2,1H3/t13-/m1/s1. The lowest BCUT2D eigenvalue weighted by Gasteiger charge is -2.25. The molecule has 1 aliphatic carbocycles. The molecular weight excluding hydrogens is 260 g/mol. The predicted octanol–water partition coefficient (Wildman–Crippen LogP) is 2.59. The van der Waals surface area contributed by atoms with E-state index in [2.05, 4.69) is 10.8 Å². The zero-order valence-electron chi connectivity index (χ0n) is 11.9. The number of hydrogen-bond donors (Lipinski definition) is 1. The topological polar surface area (TPSA) is 49.4 Å².